The molecule has 3 aromatic heterocycles. The molecule has 1 aliphatic carbocycles. The summed E-state index contributed by atoms with van der Waals surface area (Å²) in [5.41, 5.74) is 0.783. The number of hydrogen-bond acceptors (Lipinski definition) is 7. The third-order valence-electron chi connectivity index (χ3n) is 5.35. The quantitative estimate of drug-likeness (QED) is 0.478. The van der Waals surface area contributed by atoms with Gasteiger partial charge in [0.25, 0.3) is 5.56 Å². The number of rotatable bonds is 5. The number of hydrogen-bond donors (Lipinski definition) is 0. The van der Waals surface area contributed by atoms with Gasteiger partial charge >= 0.3 is 0 Å². The van der Waals surface area contributed by atoms with E-state index in [1.165, 1.54) is 12.8 Å². The van der Waals surface area contributed by atoms with E-state index in [1.54, 1.807) is 16.3 Å². The Morgan fingerprint density at radius 2 is 1.96 bits per heavy atom. The number of aryl methyl sites for hydroxylation is 1. The van der Waals surface area contributed by atoms with Gasteiger partial charge in [-0.2, -0.15) is 0 Å². The Morgan fingerprint density at radius 1 is 1.14 bits per heavy atom. The van der Waals surface area contributed by atoms with Crippen molar-refractivity contribution in [2.45, 2.75) is 56.1 Å². The van der Waals surface area contributed by atoms with Crippen LogP contribution in [0.25, 0.3) is 16.7 Å². The largest absolute Gasteiger partial charge is 0.277 e. The van der Waals surface area contributed by atoms with Crippen LogP contribution < -0.4 is 5.56 Å². The van der Waals surface area contributed by atoms with Gasteiger partial charge in [-0.1, -0.05) is 36.7 Å². The molecule has 0 atom stereocenters. The van der Waals surface area contributed by atoms with E-state index >= 15 is 0 Å². The van der Waals surface area contributed by atoms with Crippen LogP contribution in [0.1, 0.15) is 44.5 Å². The van der Waals surface area contributed by atoms with Gasteiger partial charge in [-0.25, -0.2) is 4.68 Å². The van der Waals surface area contributed by atoms with E-state index in [4.69, 9.17) is 0 Å². The maximum Gasteiger partial charge on any atom is 0.262 e. The molecule has 28 heavy (non-hydrogen) atoms. The first-order valence-electron chi connectivity index (χ1n) is 9.54. The fourth-order valence-electron chi connectivity index (χ4n) is 3.98. The van der Waals surface area contributed by atoms with Crippen LogP contribution in [0.4, 0.5) is 0 Å². The Morgan fingerprint density at radius 3 is 2.79 bits per heavy atom. The van der Waals surface area contributed by atoms with Gasteiger partial charge in [0.1, 0.15) is 5.82 Å². The molecule has 1 fully saturated rings. The molecule has 1 aromatic carbocycles. The number of fused-ring (bicyclic) bond motifs is 3. The monoisotopic (exact) mass is 396 g/mol. The molecule has 0 amide bonds. The van der Waals surface area contributed by atoms with Gasteiger partial charge in [0.2, 0.25) is 10.9 Å². The molecule has 0 radical (unpaired) electrons. The second-order valence-electron chi connectivity index (χ2n) is 6.95. The minimum Gasteiger partial charge on any atom is -0.277 e. The van der Waals surface area contributed by atoms with Gasteiger partial charge in [0.15, 0.2) is 0 Å². The molecule has 0 bridgehead atoms. The van der Waals surface area contributed by atoms with Gasteiger partial charge in [-0.05, 0) is 42.3 Å². The highest BCUT2D eigenvalue weighted by Gasteiger charge is 2.22. The third-order valence-corrected chi connectivity index (χ3v) is 6.28. The summed E-state index contributed by atoms with van der Waals surface area (Å²) >= 11 is 1.56. The molecule has 5 rings (SSSR count). The minimum atomic E-state index is -0.0395. The Balaban J connectivity index is 1.55. The Labute approximate surface area is 164 Å². The van der Waals surface area contributed by atoms with Crippen molar-refractivity contribution in [3.05, 3.63) is 40.4 Å². The van der Waals surface area contributed by atoms with E-state index in [-0.39, 0.29) is 5.56 Å². The number of tetrazole rings is 1. The van der Waals surface area contributed by atoms with E-state index < -0.39 is 0 Å². The van der Waals surface area contributed by atoms with Crippen molar-refractivity contribution >= 4 is 28.4 Å². The van der Waals surface area contributed by atoms with Crippen molar-refractivity contribution in [3.63, 3.8) is 0 Å². The summed E-state index contributed by atoms with van der Waals surface area (Å²) in [6.07, 6.45) is 4.70. The van der Waals surface area contributed by atoms with E-state index in [9.17, 15) is 4.79 Å². The molecule has 144 valence electrons. The van der Waals surface area contributed by atoms with Crippen molar-refractivity contribution in [3.8, 4) is 0 Å². The molecule has 0 saturated heterocycles. The van der Waals surface area contributed by atoms with Gasteiger partial charge in [0, 0.05) is 6.54 Å². The van der Waals surface area contributed by atoms with Gasteiger partial charge in [-0.3, -0.25) is 13.8 Å². The molecule has 3 heterocycles. The fourth-order valence-corrected chi connectivity index (χ4v) is 4.84. The summed E-state index contributed by atoms with van der Waals surface area (Å²) in [4.78, 5) is 12.8. The molecular weight excluding hydrogens is 376 g/mol. The number of thioether (sulfide) groups is 1. The van der Waals surface area contributed by atoms with E-state index in [2.05, 4.69) is 25.7 Å². The maximum atomic E-state index is 12.8. The van der Waals surface area contributed by atoms with Crippen molar-refractivity contribution in [2.75, 3.05) is 0 Å². The van der Waals surface area contributed by atoms with Crippen LogP contribution in [0.5, 0.6) is 0 Å². The minimum absolute atomic E-state index is 0.0395. The molecule has 0 spiro atoms. The number of nitrogens with zero attached hydrogens (tertiary/aromatic N) is 8. The lowest BCUT2D eigenvalue weighted by atomic mass is 10.2. The first kappa shape index (κ1) is 17.4. The van der Waals surface area contributed by atoms with Crippen LogP contribution in [-0.2, 0) is 12.3 Å². The van der Waals surface area contributed by atoms with Gasteiger partial charge in [0.05, 0.1) is 22.7 Å². The molecule has 0 unspecified atom stereocenters. The van der Waals surface area contributed by atoms with Crippen LogP contribution in [0.3, 0.4) is 0 Å². The van der Waals surface area contributed by atoms with Crippen molar-refractivity contribution in [2.24, 2.45) is 0 Å². The van der Waals surface area contributed by atoms with E-state index in [0.29, 0.717) is 29.5 Å². The van der Waals surface area contributed by atoms with Crippen LogP contribution in [-0.4, -0.2) is 39.4 Å². The zero-order valence-electron chi connectivity index (χ0n) is 15.5. The van der Waals surface area contributed by atoms with Crippen molar-refractivity contribution in [1.82, 2.24) is 39.4 Å². The second kappa shape index (κ2) is 7.01. The summed E-state index contributed by atoms with van der Waals surface area (Å²) in [5, 5.41) is 22.4. The molecule has 4 aromatic rings. The standard InChI is InChI=1S/C18H20N8OS/c1-2-24-16(27)13-9-5-6-10-14(13)25-15(19-20-17(24)25)11-28-18-21-22-23-26(18)12-7-3-4-8-12/h5-6,9-10,12H,2-4,7-8,11H2,1H3. The Kier molecular flexibility index (Phi) is 4.34. The molecule has 1 aliphatic rings. The molecule has 10 heteroatoms. The highest BCUT2D eigenvalue weighted by Crippen LogP contribution is 2.32. The molecule has 0 N–H and O–H groups in total. The molecular formula is C18H20N8OS. The topological polar surface area (TPSA) is 95.8 Å². The highest BCUT2D eigenvalue weighted by atomic mass is 32.2. The van der Waals surface area contributed by atoms with E-state index in [0.717, 1.165) is 29.3 Å². The lowest BCUT2D eigenvalue weighted by Gasteiger charge is -2.11. The third kappa shape index (κ3) is 2.70. The highest BCUT2D eigenvalue weighted by molar-refractivity contribution is 7.98. The van der Waals surface area contributed by atoms with Gasteiger partial charge < -0.3 is 0 Å². The second-order valence-corrected chi connectivity index (χ2v) is 7.89. The van der Waals surface area contributed by atoms with Crippen LogP contribution >= 0.6 is 11.8 Å². The van der Waals surface area contributed by atoms with Crippen molar-refractivity contribution in [1.29, 1.82) is 0 Å². The average molecular weight is 396 g/mol. The maximum absolute atomic E-state index is 12.8. The predicted molar refractivity (Wildman–Crippen MR) is 105 cm³/mol. The van der Waals surface area contributed by atoms with Crippen LogP contribution in [0.15, 0.2) is 34.2 Å². The van der Waals surface area contributed by atoms with Crippen molar-refractivity contribution < 1.29 is 0 Å². The lowest BCUT2D eigenvalue weighted by molar-refractivity contribution is 0.423. The van der Waals surface area contributed by atoms with Gasteiger partial charge in [-0.15, -0.1) is 15.3 Å². The summed E-state index contributed by atoms with van der Waals surface area (Å²) in [5.74, 6) is 1.91. The summed E-state index contributed by atoms with van der Waals surface area (Å²) in [6, 6.07) is 7.97. The molecule has 0 aliphatic heterocycles. The summed E-state index contributed by atoms with van der Waals surface area (Å²) in [7, 11) is 0. The van der Waals surface area contributed by atoms with E-state index in [1.807, 2.05) is 40.3 Å². The average Bonchev–Trinajstić information content (AvgIpc) is 3.47. The Hall–Kier alpha value is -2.75. The first-order valence-corrected chi connectivity index (χ1v) is 10.5. The zero-order chi connectivity index (χ0) is 19.1. The van der Waals surface area contributed by atoms with Crippen LogP contribution in [0.2, 0.25) is 0 Å². The normalized spacial score (nSPS) is 15.2. The molecule has 1 saturated carbocycles. The number of aromatic nitrogens is 8. The fraction of sp³-hybridized carbons (Fsp3) is 0.444. The molecule has 9 nitrogen and oxygen atoms in total. The summed E-state index contributed by atoms with van der Waals surface area (Å²) < 4.78 is 5.57. The summed E-state index contributed by atoms with van der Waals surface area (Å²) in [6.45, 7) is 2.48. The lowest BCUT2D eigenvalue weighted by Crippen LogP contribution is -2.22. The van der Waals surface area contributed by atoms with Crippen LogP contribution in [0, 0.1) is 0 Å². The predicted octanol–water partition coefficient (Wildman–Crippen LogP) is 2.46. The zero-order valence-corrected chi connectivity index (χ0v) is 16.3. The number of benzene rings is 1. The SMILES string of the molecule is CCn1c(=O)c2ccccc2n2c(CSc3nnnn3C3CCCC3)nnc12. The smallest absolute Gasteiger partial charge is 0.262 e. The Bertz CT molecular complexity index is 1200. The first-order chi connectivity index (χ1) is 13.8. The number of para-hydroxylation sites is 1.